The lowest BCUT2D eigenvalue weighted by Gasteiger charge is -2.45. The molecule has 0 radical (unpaired) electrons. The van der Waals surface area contributed by atoms with Crippen LogP contribution in [0.2, 0.25) is 0 Å². The van der Waals surface area contributed by atoms with E-state index in [0.717, 1.165) is 11.9 Å². The second kappa shape index (κ2) is 14.3. The standard InChI is InChI=1S/C32H55NO8/c1-11-23-16-26(35)21(5)27(36)22(6)29(41-30-28(37)25(33(9)10)15-20(4)40-30)31(7,38)17-18(2)14-19(3)24(12-13-34)32(23,8)39/h13-14,18,20-25,28-30,37-39H,11-12,15-17H2,1-10H3/b19-14-/t18-,20+,21-,22-,23-,24?,25-,28+,29+,30-,31+,32+/m0/s1. The zero-order chi connectivity index (χ0) is 31.4. The Bertz CT molecular complexity index is 944. The Kier molecular flexibility index (Phi) is 12.5. The number of hydrogen-bond acceptors (Lipinski definition) is 9. The molecule has 12 atom stereocenters. The van der Waals surface area contributed by atoms with Gasteiger partial charge in [-0.15, -0.1) is 0 Å². The number of Topliss-reactive ketones (excluding diaryl/α,β-unsaturated/α-hetero) is 2. The molecule has 1 saturated heterocycles. The number of carbonyl (C=O) groups excluding carboxylic acids is 3. The molecular weight excluding hydrogens is 526 g/mol. The molecule has 0 aromatic heterocycles. The van der Waals surface area contributed by atoms with Crippen molar-refractivity contribution < 1.29 is 39.2 Å². The summed E-state index contributed by atoms with van der Waals surface area (Å²) >= 11 is 0. The van der Waals surface area contributed by atoms with Gasteiger partial charge in [0.15, 0.2) is 6.29 Å². The van der Waals surface area contributed by atoms with Crippen LogP contribution in [0.1, 0.15) is 87.5 Å². The van der Waals surface area contributed by atoms with Crippen LogP contribution in [0.25, 0.3) is 0 Å². The smallest absolute Gasteiger partial charge is 0.185 e. The first kappa shape index (κ1) is 35.7. The average molecular weight is 582 g/mol. The van der Waals surface area contributed by atoms with Gasteiger partial charge in [-0.25, -0.2) is 0 Å². The molecule has 1 fully saturated rings. The fourth-order valence-corrected chi connectivity index (χ4v) is 7.15. The summed E-state index contributed by atoms with van der Waals surface area (Å²) in [4.78, 5) is 40.8. The van der Waals surface area contributed by atoms with Gasteiger partial charge in [0.05, 0.1) is 29.3 Å². The maximum Gasteiger partial charge on any atom is 0.185 e. The predicted molar refractivity (Wildman–Crippen MR) is 157 cm³/mol. The van der Waals surface area contributed by atoms with Gasteiger partial charge in [-0.3, -0.25) is 9.59 Å². The third kappa shape index (κ3) is 8.33. The molecular formula is C32H55NO8. The number of ketones is 2. The van der Waals surface area contributed by atoms with Crippen molar-refractivity contribution in [2.75, 3.05) is 14.1 Å². The Labute approximate surface area is 246 Å². The van der Waals surface area contributed by atoms with E-state index in [1.165, 1.54) is 0 Å². The van der Waals surface area contributed by atoms with Crippen molar-refractivity contribution >= 4 is 17.9 Å². The van der Waals surface area contributed by atoms with Crippen LogP contribution in [0.5, 0.6) is 0 Å². The van der Waals surface area contributed by atoms with Gasteiger partial charge in [0.2, 0.25) is 0 Å². The maximum absolute atomic E-state index is 13.8. The van der Waals surface area contributed by atoms with Crippen molar-refractivity contribution in [3.8, 4) is 0 Å². The minimum atomic E-state index is -1.55. The van der Waals surface area contributed by atoms with E-state index in [1.807, 2.05) is 52.8 Å². The molecule has 1 aliphatic heterocycles. The Morgan fingerprint density at radius 3 is 2.29 bits per heavy atom. The highest BCUT2D eigenvalue weighted by Crippen LogP contribution is 2.40. The van der Waals surface area contributed by atoms with Crippen molar-refractivity contribution in [1.82, 2.24) is 4.90 Å². The quantitative estimate of drug-likeness (QED) is 0.245. The molecule has 3 N–H and O–H groups in total. The normalized spacial score (nSPS) is 45.2. The summed E-state index contributed by atoms with van der Waals surface area (Å²) in [7, 11) is 3.74. The summed E-state index contributed by atoms with van der Waals surface area (Å²) in [6.07, 6.45) is 0.696. The van der Waals surface area contributed by atoms with E-state index in [4.69, 9.17) is 9.47 Å². The number of aldehydes is 1. The lowest BCUT2D eigenvalue weighted by atomic mass is 9.68. The second-order valence-corrected chi connectivity index (χ2v) is 13.4. The second-order valence-electron chi connectivity index (χ2n) is 13.4. The monoisotopic (exact) mass is 581 g/mol. The number of rotatable bonds is 6. The lowest BCUT2D eigenvalue weighted by Crippen LogP contribution is -2.58. The van der Waals surface area contributed by atoms with Crippen LogP contribution in [0.15, 0.2) is 11.6 Å². The van der Waals surface area contributed by atoms with E-state index in [9.17, 15) is 29.7 Å². The van der Waals surface area contributed by atoms with Gasteiger partial charge in [0, 0.05) is 30.7 Å². The highest BCUT2D eigenvalue weighted by Gasteiger charge is 2.48. The summed E-state index contributed by atoms with van der Waals surface area (Å²) in [5, 5.41) is 34.7. The van der Waals surface area contributed by atoms with Gasteiger partial charge in [-0.1, -0.05) is 38.8 Å². The van der Waals surface area contributed by atoms with E-state index < -0.39 is 53.4 Å². The third-order valence-corrected chi connectivity index (χ3v) is 9.62. The molecule has 0 spiro atoms. The number of aliphatic hydroxyl groups is 3. The fourth-order valence-electron chi connectivity index (χ4n) is 7.15. The van der Waals surface area contributed by atoms with E-state index in [0.29, 0.717) is 12.8 Å². The molecule has 0 aromatic rings. The van der Waals surface area contributed by atoms with Crippen LogP contribution in [0, 0.1) is 29.6 Å². The largest absolute Gasteiger partial charge is 0.389 e. The van der Waals surface area contributed by atoms with E-state index >= 15 is 0 Å². The first-order valence-corrected chi connectivity index (χ1v) is 15.2. The zero-order valence-corrected chi connectivity index (χ0v) is 26.8. The molecule has 9 nitrogen and oxygen atoms in total. The lowest BCUT2D eigenvalue weighted by molar-refractivity contribution is -0.293. The number of hydrogen-bond donors (Lipinski definition) is 3. The van der Waals surface area contributed by atoms with Crippen LogP contribution in [0.4, 0.5) is 0 Å². The van der Waals surface area contributed by atoms with Crippen LogP contribution in [-0.2, 0) is 23.9 Å². The van der Waals surface area contributed by atoms with Crippen molar-refractivity contribution in [1.29, 1.82) is 0 Å². The average Bonchev–Trinajstić information content (AvgIpc) is 2.87. The molecule has 1 heterocycles. The van der Waals surface area contributed by atoms with Crippen LogP contribution in [0.3, 0.4) is 0 Å². The Balaban J connectivity index is 2.60. The molecule has 0 bridgehead atoms. The number of nitrogens with zero attached hydrogens (tertiary/aromatic N) is 1. The number of aliphatic hydroxyl groups excluding tert-OH is 1. The first-order chi connectivity index (χ1) is 18.9. The topological polar surface area (TPSA) is 134 Å². The molecule has 1 unspecified atom stereocenters. The van der Waals surface area contributed by atoms with E-state index in [1.54, 1.807) is 27.7 Å². The molecule has 41 heavy (non-hydrogen) atoms. The maximum atomic E-state index is 13.8. The van der Waals surface area contributed by atoms with Gasteiger partial charge in [-0.2, -0.15) is 0 Å². The molecule has 0 saturated carbocycles. The summed E-state index contributed by atoms with van der Waals surface area (Å²) in [5.41, 5.74) is -2.10. The summed E-state index contributed by atoms with van der Waals surface area (Å²) in [6, 6.07) is -0.239. The van der Waals surface area contributed by atoms with Crippen LogP contribution >= 0.6 is 0 Å². The van der Waals surface area contributed by atoms with Crippen molar-refractivity contribution in [2.24, 2.45) is 29.6 Å². The minimum absolute atomic E-state index is 0.0181. The SMILES string of the molecule is CC[C@H]1CC(=O)[C@H](C)C(=O)[C@H](C)[C@@H](O[C@@H]2O[C@H](C)C[C@H](N(C)C)[C@H]2O)[C@](C)(O)C[C@@H](C)/C=C(/C)C(CC=O)[C@]1(C)O. The molecule has 2 aliphatic rings. The Morgan fingerprint density at radius 1 is 1.15 bits per heavy atom. The molecule has 0 aromatic carbocycles. The summed E-state index contributed by atoms with van der Waals surface area (Å²) in [6.45, 7) is 14.1. The highest BCUT2D eigenvalue weighted by molar-refractivity contribution is 6.03. The van der Waals surface area contributed by atoms with Crippen molar-refractivity contribution in [2.45, 2.75) is 129 Å². The van der Waals surface area contributed by atoms with Crippen molar-refractivity contribution in [3.05, 3.63) is 11.6 Å². The summed E-state index contributed by atoms with van der Waals surface area (Å²) < 4.78 is 12.4. The molecule has 2 rings (SSSR count). The van der Waals surface area contributed by atoms with Crippen LogP contribution < -0.4 is 0 Å². The van der Waals surface area contributed by atoms with Gasteiger partial charge in [0.1, 0.15) is 24.0 Å². The third-order valence-electron chi connectivity index (χ3n) is 9.62. The van der Waals surface area contributed by atoms with Gasteiger partial charge < -0.3 is 34.5 Å². The molecule has 9 heteroatoms. The number of ether oxygens (including phenoxy) is 2. The minimum Gasteiger partial charge on any atom is -0.389 e. The van der Waals surface area contributed by atoms with E-state index in [-0.39, 0.29) is 48.9 Å². The molecule has 1 aliphatic carbocycles. The Morgan fingerprint density at radius 2 is 1.76 bits per heavy atom. The predicted octanol–water partition coefficient (Wildman–Crippen LogP) is 3.32. The number of likely N-dealkylation sites (N-methyl/N-ethyl adjacent to an activating group) is 1. The fraction of sp³-hybridized carbons (Fsp3) is 0.844. The van der Waals surface area contributed by atoms with Gasteiger partial charge >= 0.3 is 0 Å². The zero-order valence-electron chi connectivity index (χ0n) is 26.8. The van der Waals surface area contributed by atoms with Gasteiger partial charge in [0.25, 0.3) is 0 Å². The van der Waals surface area contributed by atoms with E-state index in [2.05, 4.69) is 0 Å². The van der Waals surface area contributed by atoms with Crippen molar-refractivity contribution in [3.63, 3.8) is 0 Å². The molecule has 0 amide bonds. The first-order valence-electron chi connectivity index (χ1n) is 15.2. The highest BCUT2D eigenvalue weighted by atomic mass is 16.7. The van der Waals surface area contributed by atoms with Crippen LogP contribution in [-0.4, -0.2) is 94.0 Å². The number of carbonyl (C=O) groups is 3. The Hall–Kier alpha value is -1.49. The van der Waals surface area contributed by atoms with Gasteiger partial charge in [-0.05, 0) is 73.4 Å². The number of allylic oxidation sites excluding steroid dienone is 1. The molecule has 236 valence electrons. The summed E-state index contributed by atoms with van der Waals surface area (Å²) in [5.74, 6) is -3.77.